The molecule has 1 aliphatic heterocycles. The van der Waals surface area contributed by atoms with Gasteiger partial charge < -0.3 is 10.2 Å². The summed E-state index contributed by atoms with van der Waals surface area (Å²) in [5.74, 6) is 0.681. The Balaban J connectivity index is 2.42. The highest BCUT2D eigenvalue weighted by Crippen LogP contribution is 2.05. The van der Waals surface area contributed by atoms with Gasteiger partial charge in [-0.15, -0.1) is 0 Å². The Morgan fingerprint density at radius 2 is 2.07 bits per heavy atom. The van der Waals surface area contributed by atoms with Gasteiger partial charge in [-0.2, -0.15) is 0 Å². The second-order valence-electron chi connectivity index (χ2n) is 4.00. The fourth-order valence-electron chi connectivity index (χ4n) is 1.65. The lowest BCUT2D eigenvalue weighted by Crippen LogP contribution is -2.38. The maximum Gasteiger partial charge on any atom is 0.151 e. The minimum absolute atomic E-state index is 0.323. The molecule has 0 bridgehead atoms. The molecule has 14 heavy (non-hydrogen) atoms. The van der Waals surface area contributed by atoms with Gasteiger partial charge in [0, 0.05) is 19.1 Å². The van der Waals surface area contributed by atoms with Crippen LogP contribution in [0.5, 0.6) is 0 Å². The number of hydrogen-bond acceptors (Lipinski definition) is 4. The molecular weight excluding hydrogens is 200 g/mol. The summed E-state index contributed by atoms with van der Waals surface area (Å²) in [7, 11) is -0.827. The predicted octanol–water partition coefficient (Wildman–Crippen LogP) is -0.285. The summed E-state index contributed by atoms with van der Waals surface area (Å²) in [5.41, 5.74) is 0. The van der Waals surface area contributed by atoms with E-state index in [9.17, 15) is 8.42 Å². The SMILES string of the molecule is CN[C@@H](C)CN1CCCS(=O)(=O)CC1. The molecule has 0 amide bonds. The van der Waals surface area contributed by atoms with E-state index in [-0.39, 0.29) is 0 Å². The zero-order valence-corrected chi connectivity index (χ0v) is 9.81. The molecule has 1 atom stereocenters. The number of nitrogens with one attached hydrogen (secondary N) is 1. The van der Waals surface area contributed by atoms with E-state index in [2.05, 4.69) is 17.1 Å². The number of rotatable bonds is 3. The second kappa shape index (κ2) is 5.09. The van der Waals surface area contributed by atoms with Crippen molar-refractivity contribution in [2.75, 3.05) is 38.2 Å². The van der Waals surface area contributed by atoms with Gasteiger partial charge in [-0.05, 0) is 26.9 Å². The van der Waals surface area contributed by atoms with E-state index in [1.807, 2.05) is 7.05 Å². The van der Waals surface area contributed by atoms with Crippen molar-refractivity contribution < 1.29 is 8.42 Å². The Bertz CT molecular complexity index is 264. The van der Waals surface area contributed by atoms with Gasteiger partial charge in [0.05, 0.1) is 11.5 Å². The van der Waals surface area contributed by atoms with Crippen molar-refractivity contribution in [2.45, 2.75) is 19.4 Å². The van der Waals surface area contributed by atoms with E-state index >= 15 is 0 Å². The van der Waals surface area contributed by atoms with E-state index in [0.717, 1.165) is 19.5 Å². The summed E-state index contributed by atoms with van der Waals surface area (Å²) in [6.45, 7) is 4.64. The average molecular weight is 220 g/mol. The molecule has 1 fully saturated rings. The molecule has 5 heteroatoms. The largest absolute Gasteiger partial charge is 0.316 e. The van der Waals surface area contributed by atoms with E-state index in [1.165, 1.54) is 0 Å². The van der Waals surface area contributed by atoms with Gasteiger partial charge in [0.2, 0.25) is 0 Å². The third-order valence-electron chi connectivity index (χ3n) is 2.67. The fraction of sp³-hybridized carbons (Fsp3) is 1.00. The van der Waals surface area contributed by atoms with Gasteiger partial charge in [-0.25, -0.2) is 8.42 Å². The lowest BCUT2D eigenvalue weighted by Gasteiger charge is -2.22. The lowest BCUT2D eigenvalue weighted by atomic mass is 10.3. The zero-order chi connectivity index (χ0) is 10.6. The van der Waals surface area contributed by atoms with Crippen LogP contribution in [0.4, 0.5) is 0 Å². The number of nitrogens with zero attached hydrogens (tertiary/aromatic N) is 1. The van der Waals surface area contributed by atoms with Crippen LogP contribution in [0.3, 0.4) is 0 Å². The maximum atomic E-state index is 11.3. The van der Waals surface area contributed by atoms with Crippen molar-refractivity contribution in [3.63, 3.8) is 0 Å². The highest BCUT2D eigenvalue weighted by molar-refractivity contribution is 7.91. The monoisotopic (exact) mass is 220 g/mol. The molecule has 0 spiro atoms. The zero-order valence-electron chi connectivity index (χ0n) is 8.99. The van der Waals surface area contributed by atoms with Crippen molar-refractivity contribution in [1.82, 2.24) is 10.2 Å². The van der Waals surface area contributed by atoms with Gasteiger partial charge in [-0.1, -0.05) is 0 Å². The molecule has 0 aromatic heterocycles. The summed E-state index contributed by atoms with van der Waals surface area (Å²) in [5, 5.41) is 3.16. The minimum Gasteiger partial charge on any atom is -0.316 e. The highest BCUT2D eigenvalue weighted by atomic mass is 32.2. The van der Waals surface area contributed by atoms with E-state index in [4.69, 9.17) is 0 Å². The lowest BCUT2D eigenvalue weighted by molar-refractivity contribution is 0.269. The molecule has 0 aromatic rings. The molecule has 0 radical (unpaired) electrons. The summed E-state index contributed by atoms with van der Waals surface area (Å²) in [4.78, 5) is 2.23. The van der Waals surface area contributed by atoms with Crippen LogP contribution in [0.2, 0.25) is 0 Å². The third kappa shape index (κ3) is 3.94. The van der Waals surface area contributed by atoms with Gasteiger partial charge in [0.1, 0.15) is 0 Å². The molecular formula is C9H20N2O2S. The Kier molecular flexibility index (Phi) is 4.34. The number of likely N-dealkylation sites (N-methyl/N-ethyl adjacent to an activating group) is 1. The minimum atomic E-state index is -2.76. The predicted molar refractivity (Wildman–Crippen MR) is 58.2 cm³/mol. The van der Waals surface area contributed by atoms with Gasteiger partial charge >= 0.3 is 0 Å². The van der Waals surface area contributed by atoms with Gasteiger partial charge in [0.25, 0.3) is 0 Å². The number of sulfone groups is 1. The quantitative estimate of drug-likeness (QED) is 0.710. The van der Waals surface area contributed by atoms with Crippen LogP contribution >= 0.6 is 0 Å². The molecule has 84 valence electrons. The Morgan fingerprint density at radius 3 is 2.71 bits per heavy atom. The van der Waals surface area contributed by atoms with Crippen LogP contribution in [0.15, 0.2) is 0 Å². The molecule has 0 aromatic carbocycles. The first-order valence-corrected chi connectivity index (χ1v) is 6.96. The van der Waals surface area contributed by atoms with Crippen molar-refractivity contribution >= 4 is 9.84 Å². The van der Waals surface area contributed by atoms with Crippen LogP contribution in [0.25, 0.3) is 0 Å². The summed E-state index contributed by atoms with van der Waals surface area (Å²) < 4.78 is 22.7. The molecule has 4 nitrogen and oxygen atoms in total. The Morgan fingerprint density at radius 1 is 1.36 bits per heavy atom. The molecule has 0 aliphatic carbocycles. The summed E-state index contributed by atoms with van der Waals surface area (Å²) in [6, 6.07) is 0.427. The van der Waals surface area contributed by atoms with Gasteiger partial charge in [-0.3, -0.25) is 0 Å². The van der Waals surface area contributed by atoms with Crippen LogP contribution in [0, 0.1) is 0 Å². The Hall–Kier alpha value is -0.130. The first-order chi connectivity index (χ1) is 6.53. The van der Waals surface area contributed by atoms with E-state index in [0.29, 0.717) is 24.1 Å². The van der Waals surface area contributed by atoms with E-state index in [1.54, 1.807) is 0 Å². The van der Waals surface area contributed by atoms with Crippen molar-refractivity contribution in [2.24, 2.45) is 0 Å². The molecule has 1 N–H and O–H groups in total. The first kappa shape index (κ1) is 11.9. The smallest absolute Gasteiger partial charge is 0.151 e. The van der Waals surface area contributed by atoms with Crippen LogP contribution in [-0.2, 0) is 9.84 Å². The summed E-state index contributed by atoms with van der Waals surface area (Å²) in [6.07, 6.45) is 0.777. The molecule has 1 aliphatic rings. The van der Waals surface area contributed by atoms with Crippen LogP contribution in [-0.4, -0.2) is 57.5 Å². The summed E-state index contributed by atoms with van der Waals surface area (Å²) >= 11 is 0. The normalized spacial score (nSPS) is 25.6. The highest BCUT2D eigenvalue weighted by Gasteiger charge is 2.19. The van der Waals surface area contributed by atoms with Crippen molar-refractivity contribution in [3.05, 3.63) is 0 Å². The molecule has 1 heterocycles. The topological polar surface area (TPSA) is 49.4 Å². The average Bonchev–Trinajstić information content (AvgIpc) is 2.28. The standard InChI is InChI=1S/C9H20N2O2S/c1-9(10-2)8-11-4-3-6-14(12,13)7-5-11/h9-10H,3-8H2,1-2H3/t9-/m0/s1. The maximum absolute atomic E-state index is 11.3. The third-order valence-corrected chi connectivity index (χ3v) is 4.39. The molecule has 0 saturated carbocycles. The van der Waals surface area contributed by atoms with Crippen molar-refractivity contribution in [1.29, 1.82) is 0 Å². The van der Waals surface area contributed by atoms with Crippen LogP contribution < -0.4 is 5.32 Å². The van der Waals surface area contributed by atoms with Gasteiger partial charge in [0.15, 0.2) is 9.84 Å². The second-order valence-corrected chi connectivity index (χ2v) is 6.30. The molecule has 1 saturated heterocycles. The van der Waals surface area contributed by atoms with E-state index < -0.39 is 9.84 Å². The first-order valence-electron chi connectivity index (χ1n) is 5.13. The fourth-order valence-corrected chi connectivity index (χ4v) is 2.96. The molecule has 1 rings (SSSR count). The molecule has 0 unspecified atom stereocenters. The number of hydrogen-bond donors (Lipinski definition) is 1. The Labute approximate surface area is 86.6 Å². The van der Waals surface area contributed by atoms with Crippen LogP contribution in [0.1, 0.15) is 13.3 Å². The van der Waals surface area contributed by atoms with Crippen molar-refractivity contribution in [3.8, 4) is 0 Å².